The maximum Gasteiger partial charge on any atom is 0.293 e. The van der Waals surface area contributed by atoms with E-state index < -0.39 is 10.8 Å². The lowest BCUT2D eigenvalue weighted by Gasteiger charge is -2.11. The lowest BCUT2D eigenvalue weighted by Crippen LogP contribution is -2.15. The largest absolute Gasteiger partial charge is 0.382 e. The van der Waals surface area contributed by atoms with Crippen LogP contribution in [0.4, 0.5) is 17.1 Å². The van der Waals surface area contributed by atoms with Gasteiger partial charge in [0, 0.05) is 18.8 Å². The third-order valence-corrected chi connectivity index (χ3v) is 3.13. The van der Waals surface area contributed by atoms with Gasteiger partial charge in [-0.15, -0.1) is 0 Å². The summed E-state index contributed by atoms with van der Waals surface area (Å²) in [7, 11) is 1.55. The van der Waals surface area contributed by atoms with Gasteiger partial charge in [-0.3, -0.25) is 14.9 Å². The molecule has 0 saturated carbocycles. The second-order valence-corrected chi connectivity index (χ2v) is 4.48. The van der Waals surface area contributed by atoms with Crippen LogP contribution in [0, 0.1) is 17.0 Å². The van der Waals surface area contributed by atoms with Crippen LogP contribution in [0.1, 0.15) is 15.9 Å². The number of hydrogen-bond donors (Lipinski definition) is 2. The molecule has 6 nitrogen and oxygen atoms in total. The zero-order chi connectivity index (χ0) is 15.4. The van der Waals surface area contributed by atoms with Crippen molar-refractivity contribution >= 4 is 23.0 Å². The van der Waals surface area contributed by atoms with Crippen LogP contribution in [-0.4, -0.2) is 17.9 Å². The van der Waals surface area contributed by atoms with Crippen molar-refractivity contribution in [3.8, 4) is 0 Å². The van der Waals surface area contributed by atoms with Crippen molar-refractivity contribution in [3.63, 3.8) is 0 Å². The molecule has 0 aromatic heterocycles. The van der Waals surface area contributed by atoms with Gasteiger partial charge in [0.2, 0.25) is 0 Å². The zero-order valence-corrected chi connectivity index (χ0v) is 11.7. The van der Waals surface area contributed by atoms with Gasteiger partial charge in [-0.05, 0) is 24.6 Å². The molecule has 2 rings (SSSR count). The maximum absolute atomic E-state index is 12.3. The number of amides is 1. The molecular formula is C15H15N3O3. The minimum Gasteiger partial charge on any atom is -0.382 e. The van der Waals surface area contributed by atoms with E-state index in [1.54, 1.807) is 19.2 Å². The van der Waals surface area contributed by atoms with E-state index in [4.69, 9.17) is 0 Å². The summed E-state index contributed by atoms with van der Waals surface area (Å²) >= 11 is 0. The molecule has 2 N–H and O–H groups in total. The molecular weight excluding hydrogens is 270 g/mol. The Kier molecular flexibility index (Phi) is 4.18. The number of anilines is 2. The van der Waals surface area contributed by atoms with Crippen LogP contribution in [0.5, 0.6) is 0 Å². The van der Waals surface area contributed by atoms with Crippen LogP contribution < -0.4 is 10.6 Å². The van der Waals surface area contributed by atoms with E-state index in [1.165, 1.54) is 12.1 Å². The predicted octanol–water partition coefficient (Wildman–Crippen LogP) is 3.20. The first kappa shape index (κ1) is 14.5. The Morgan fingerprint density at radius 3 is 2.48 bits per heavy atom. The van der Waals surface area contributed by atoms with Gasteiger partial charge < -0.3 is 10.6 Å². The highest BCUT2D eigenvalue weighted by atomic mass is 16.6. The summed E-state index contributed by atoms with van der Waals surface area (Å²) in [6.07, 6.45) is 0. The number of carbonyl (C=O) groups is 1. The molecule has 0 heterocycles. The van der Waals surface area contributed by atoms with Gasteiger partial charge in [0.25, 0.3) is 11.6 Å². The van der Waals surface area contributed by atoms with Crippen molar-refractivity contribution in [2.24, 2.45) is 0 Å². The molecule has 2 aromatic rings. The summed E-state index contributed by atoms with van der Waals surface area (Å²) in [6.45, 7) is 1.88. The first-order valence-corrected chi connectivity index (χ1v) is 6.36. The topological polar surface area (TPSA) is 84.3 Å². The normalized spacial score (nSPS) is 10.0. The summed E-state index contributed by atoms with van der Waals surface area (Å²) in [5.74, 6) is -0.391. The van der Waals surface area contributed by atoms with Gasteiger partial charge in [-0.2, -0.15) is 0 Å². The number of rotatable bonds is 4. The van der Waals surface area contributed by atoms with Gasteiger partial charge in [0.05, 0.1) is 10.5 Å². The second-order valence-electron chi connectivity index (χ2n) is 4.48. The van der Waals surface area contributed by atoms with Crippen LogP contribution in [-0.2, 0) is 0 Å². The van der Waals surface area contributed by atoms with Gasteiger partial charge in [-0.1, -0.05) is 24.3 Å². The lowest BCUT2D eigenvalue weighted by molar-refractivity contribution is -0.384. The lowest BCUT2D eigenvalue weighted by atomic mass is 10.1. The molecule has 0 bridgehead atoms. The maximum atomic E-state index is 12.3. The van der Waals surface area contributed by atoms with Crippen molar-refractivity contribution in [1.29, 1.82) is 0 Å². The molecule has 0 radical (unpaired) electrons. The highest BCUT2D eigenvalue weighted by Crippen LogP contribution is 2.28. The number of para-hydroxylation sites is 2. The second kappa shape index (κ2) is 6.04. The first-order valence-electron chi connectivity index (χ1n) is 6.36. The standard InChI is InChI=1S/C15H15N3O3/c1-10-6-3-4-8-12(10)17-15(19)11-7-5-9-13(18(20)21)14(11)16-2/h3-9,16H,1-2H3,(H,17,19). The van der Waals surface area contributed by atoms with Crippen molar-refractivity contribution in [1.82, 2.24) is 0 Å². The summed E-state index contributed by atoms with van der Waals surface area (Å²) < 4.78 is 0. The van der Waals surface area contributed by atoms with Gasteiger partial charge in [-0.25, -0.2) is 0 Å². The van der Waals surface area contributed by atoms with E-state index in [-0.39, 0.29) is 16.9 Å². The average molecular weight is 285 g/mol. The number of nitro groups is 1. The van der Waals surface area contributed by atoms with Gasteiger partial charge >= 0.3 is 0 Å². The predicted molar refractivity (Wildman–Crippen MR) is 81.8 cm³/mol. The molecule has 108 valence electrons. The van der Waals surface area contributed by atoms with E-state index >= 15 is 0 Å². The number of nitrogens with zero attached hydrogens (tertiary/aromatic N) is 1. The fourth-order valence-corrected chi connectivity index (χ4v) is 2.05. The van der Waals surface area contributed by atoms with Gasteiger partial charge in [0.15, 0.2) is 0 Å². The Hall–Kier alpha value is -2.89. The van der Waals surface area contributed by atoms with Crippen LogP contribution >= 0.6 is 0 Å². The minimum atomic E-state index is -0.517. The van der Waals surface area contributed by atoms with Crippen molar-refractivity contribution < 1.29 is 9.72 Å². The summed E-state index contributed by atoms with van der Waals surface area (Å²) in [4.78, 5) is 22.8. The van der Waals surface area contributed by atoms with Crippen molar-refractivity contribution in [2.75, 3.05) is 17.7 Å². The van der Waals surface area contributed by atoms with Crippen LogP contribution in [0.15, 0.2) is 42.5 Å². The third-order valence-electron chi connectivity index (χ3n) is 3.13. The van der Waals surface area contributed by atoms with Crippen LogP contribution in [0.3, 0.4) is 0 Å². The molecule has 6 heteroatoms. The van der Waals surface area contributed by atoms with E-state index in [0.717, 1.165) is 5.56 Å². The van der Waals surface area contributed by atoms with Crippen molar-refractivity contribution in [2.45, 2.75) is 6.92 Å². The van der Waals surface area contributed by atoms with E-state index in [2.05, 4.69) is 10.6 Å². The van der Waals surface area contributed by atoms with E-state index in [0.29, 0.717) is 5.69 Å². The Labute approximate surface area is 121 Å². The number of benzene rings is 2. The minimum absolute atomic E-state index is 0.130. The molecule has 0 aliphatic heterocycles. The highest BCUT2D eigenvalue weighted by Gasteiger charge is 2.20. The van der Waals surface area contributed by atoms with Crippen LogP contribution in [0.25, 0.3) is 0 Å². The molecule has 1 amide bonds. The third kappa shape index (κ3) is 3.00. The molecule has 0 aliphatic carbocycles. The van der Waals surface area contributed by atoms with Gasteiger partial charge in [0.1, 0.15) is 5.69 Å². The number of hydrogen-bond acceptors (Lipinski definition) is 4. The Balaban J connectivity index is 2.38. The Bertz CT molecular complexity index is 698. The van der Waals surface area contributed by atoms with Crippen LogP contribution in [0.2, 0.25) is 0 Å². The molecule has 0 saturated heterocycles. The number of aryl methyl sites for hydroxylation is 1. The zero-order valence-electron chi connectivity index (χ0n) is 11.7. The Morgan fingerprint density at radius 1 is 1.14 bits per heavy atom. The summed E-state index contributed by atoms with van der Waals surface area (Å²) in [6, 6.07) is 11.7. The summed E-state index contributed by atoms with van der Waals surface area (Å²) in [5.41, 5.74) is 1.90. The molecule has 0 aliphatic rings. The molecule has 21 heavy (non-hydrogen) atoms. The monoisotopic (exact) mass is 285 g/mol. The Morgan fingerprint density at radius 2 is 1.86 bits per heavy atom. The molecule has 0 unspecified atom stereocenters. The number of nitro benzene ring substituents is 1. The van der Waals surface area contributed by atoms with E-state index in [9.17, 15) is 14.9 Å². The molecule has 0 atom stereocenters. The molecule has 0 fully saturated rings. The van der Waals surface area contributed by atoms with Crippen molar-refractivity contribution in [3.05, 3.63) is 63.7 Å². The molecule has 0 spiro atoms. The average Bonchev–Trinajstić information content (AvgIpc) is 2.48. The quantitative estimate of drug-likeness (QED) is 0.667. The number of nitrogens with one attached hydrogen (secondary N) is 2. The SMILES string of the molecule is CNc1c(C(=O)Nc2ccccc2C)cccc1[N+](=O)[O-]. The fraction of sp³-hybridized carbons (Fsp3) is 0.133. The first-order chi connectivity index (χ1) is 10.0. The van der Waals surface area contributed by atoms with E-state index in [1.807, 2.05) is 25.1 Å². The smallest absolute Gasteiger partial charge is 0.293 e. The highest BCUT2D eigenvalue weighted by molar-refractivity contribution is 6.09. The number of carbonyl (C=O) groups excluding carboxylic acids is 1. The fourth-order valence-electron chi connectivity index (χ4n) is 2.05. The molecule has 2 aromatic carbocycles. The summed E-state index contributed by atoms with van der Waals surface area (Å²) in [5, 5.41) is 16.5.